The molecule has 1 fully saturated rings. The van der Waals surface area contributed by atoms with E-state index in [0.717, 1.165) is 25.3 Å². The van der Waals surface area contributed by atoms with E-state index in [1.807, 2.05) is 0 Å². The summed E-state index contributed by atoms with van der Waals surface area (Å²) in [7, 11) is 0. The summed E-state index contributed by atoms with van der Waals surface area (Å²) < 4.78 is 6.36. The van der Waals surface area contributed by atoms with Crippen LogP contribution in [-0.4, -0.2) is 19.2 Å². The summed E-state index contributed by atoms with van der Waals surface area (Å²) in [5.74, 6) is 0.977. The second-order valence-electron chi connectivity index (χ2n) is 7.38. The Bertz CT molecular complexity index is 925. The molecule has 1 N–H and O–H groups in total. The molecule has 3 aromatic rings. The summed E-state index contributed by atoms with van der Waals surface area (Å²) in [6, 6.07) is 28.0. The molecule has 5 rings (SSSR count). The van der Waals surface area contributed by atoms with E-state index in [1.165, 1.54) is 22.4 Å². The van der Waals surface area contributed by atoms with Crippen LogP contribution in [0.3, 0.4) is 0 Å². The van der Waals surface area contributed by atoms with Crippen molar-refractivity contribution in [2.24, 2.45) is 0 Å². The van der Waals surface area contributed by atoms with Gasteiger partial charge in [0, 0.05) is 19.3 Å². The normalized spacial score (nSPS) is 16.0. The number of nitrogens with one attached hydrogen (secondary N) is 1. The van der Waals surface area contributed by atoms with Crippen molar-refractivity contribution in [2.75, 3.05) is 18.0 Å². The Labute approximate surface area is 166 Å². The van der Waals surface area contributed by atoms with Crippen LogP contribution < -0.4 is 15.0 Å². The molecule has 3 heteroatoms. The van der Waals surface area contributed by atoms with E-state index >= 15 is 0 Å². The minimum atomic E-state index is 0.0990. The molecule has 0 spiro atoms. The molecule has 0 amide bonds. The Balaban J connectivity index is 1.62. The summed E-state index contributed by atoms with van der Waals surface area (Å²) >= 11 is 0. The molecule has 2 heterocycles. The number of hydrogen-bond acceptors (Lipinski definition) is 3. The number of fused-ring (bicyclic) bond motifs is 1. The maximum absolute atomic E-state index is 6.36. The number of ether oxygens (including phenoxy) is 1. The molecule has 140 valence electrons. The van der Waals surface area contributed by atoms with Crippen LogP contribution >= 0.6 is 0 Å². The zero-order valence-corrected chi connectivity index (χ0v) is 15.8. The number of anilines is 1. The molecule has 0 atom stereocenters. The summed E-state index contributed by atoms with van der Waals surface area (Å²) in [4.78, 5) is 2.38. The molecule has 3 aromatic carbocycles. The Kier molecular flexibility index (Phi) is 4.59. The third kappa shape index (κ3) is 3.19. The molecule has 0 bridgehead atoms. The van der Waals surface area contributed by atoms with Crippen LogP contribution in [0.1, 0.15) is 22.7 Å². The van der Waals surface area contributed by atoms with E-state index < -0.39 is 0 Å². The lowest BCUT2D eigenvalue weighted by atomic mass is 9.94. The van der Waals surface area contributed by atoms with Gasteiger partial charge in [0.05, 0.1) is 11.7 Å². The fourth-order valence-electron chi connectivity index (χ4n) is 4.01. The topological polar surface area (TPSA) is 24.5 Å². The average molecular weight is 368 g/mol. The Hall–Kier alpha value is -3.04. The van der Waals surface area contributed by atoms with Gasteiger partial charge >= 0.3 is 0 Å². The molecular formula is C25H24N2O. The number of allylic oxidation sites excluding steroid dienone is 1. The van der Waals surface area contributed by atoms with E-state index in [4.69, 9.17) is 4.74 Å². The van der Waals surface area contributed by atoms with Gasteiger partial charge in [0.2, 0.25) is 0 Å². The van der Waals surface area contributed by atoms with E-state index in [-0.39, 0.29) is 12.1 Å². The standard InChI is InChI=1S/C25H24N2O/c1-3-9-19(10-4-1)24(20-11-5-2-6-12-20)27-16-8-14-21-13-7-15-23(25(21)27)28-22-17-26-18-22/h1-13,15-16,22,24,26H,14,17-18H2. The lowest BCUT2D eigenvalue weighted by Gasteiger charge is -2.37. The first kappa shape index (κ1) is 17.1. The van der Waals surface area contributed by atoms with Crippen LogP contribution in [0.2, 0.25) is 0 Å². The second-order valence-corrected chi connectivity index (χ2v) is 7.38. The van der Waals surface area contributed by atoms with Crippen LogP contribution in [0.5, 0.6) is 5.75 Å². The van der Waals surface area contributed by atoms with Crippen LogP contribution in [0.15, 0.2) is 91.1 Å². The Morgan fingerprint density at radius 3 is 2.11 bits per heavy atom. The predicted octanol–water partition coefficient (Wildman–Crippen LogP) is 4.70. The first-order valence-corrected chi connectivity index (χ1v) is 9.94. The number of hydrogen-bond donors (Lipinski definition) is 1. The van der Waals surface area contributed by atoms with Gasteiger partial charge in [0.1, 0.15) is 11.9 Å². The van der Waals surface area contributed by atoms with Gasteiger partial charge in [-0.1, -0.05) is 78.9 Å². The summed E-state index contributed by atoms with van der Waals surface area (Å²) in [5, 5.41) is 3.29. The molecule has 2 aliphatic rings. The minimum Gasteiger partial charge on any atom is -0.486 e. The summed E-state index contributed by atoms with van der Waals surface area (Å²) in [6.07, 6.45) is 5.66. The van der Waals surface area contributed by atoms with Crippen LogP contribution in [-0.2, 0) is 6.42 Å². The largest absolute Gasteiger partial charge is 0.486 e. The molecule has 0 saturated carbocycles. The van der Waals surface area contributed by atoms with E-state index in [1.54, 1.807) is 0 Å². The SMILES string of the molecule is C1=CN(C(c2ccccc2)c2ccccc2)c2c(cccc2OC2CNC2)C1. The van der Waals surface area contributed by atoms with Gasteiger partial charge < -0.3 is 15.0 Å². The van der Waals surface area contributed by atoms with Gasteiger partial charge in [-0.15, -0.1) is 0 Å². The third-order valence-electron chi connectivity index (χ3n) is 5.49. The maximum Gasteiger partial charge on any atom is 0.143 e. The fraction of sp³-hybridized carbons (Fsp3) is 0.200. The van der Waals surface area contributed by atoms with Crippen molar-refractivity contribution >= 4 is 5.69 Å². The van der Waals surface area contributed by atoms with Crippen molar-refractivity contribution in [1.29, 1.82) is 0 Å². The van der Waals surface area contributed by atoms with Crippen molar-refractivity contribution in [2.45, 2.75) is 18.6 Å². The van der Waals surface area contributed by atoms with Gasteiger partial charge in [-0.3, -0.25) is 0 Å². The van der Waals surface area contributed by atoms with Crippen molar-refractivity contribution in [1.82, 2.24) is 5.32 Å². The molecular weight excluding hydrogens is 344 g/mol. The third-order valence-corrected chi connectivity index (χ3v) is 5.49. The molecule has 1 saturated heterocycles. The zero-order chi connectivity index (χ0) is 18.8. The zero-order valence-electron chi connectivity index (χ0n) is 15.8. The first-order chi connectivity index (χ1) is 13.9. The van der Waals surface area contributed by atoms with E-state index in [9.17, 15) is 0 Å². The van der Waals surface area contributed by atoms with Crippen LogP contribution in [0, 0.1) is 0 Å². The quantitative estimate of drug-likeness (QED) is 0.706. The van der Waals surface area contributed by atoms with Crippen molar-refractivity contribution < 1.29 is 4.74 Å². The molecule has 3 nitrogen and oxygen atoms in total. The van der Waals surface area contributed by atoms with Crippen LogP contribution in [0.4, 0.5) is 5.69 Å². The highest BCUT2D eigenvalue weighted by Gasteiger charge is 2.29. The molecule has 0 aromatic heterocycles. The lowest BCUT2D eigenvalue weighted by Crippen LogP contribution is -2.50. The maximum atomic E-state index is 6.36. The highest BCUT2D eigenvalue weighted by molar-refractivity contribution is 5.70. The van der Waals surface area contributed by atoms with Gasteiger partial charge in [-0.05, 0) is 29.2 Å². The average Bonchev–Trinajstić information content (AvgIpc) is 2.73. The minimum absolute atomic E-state index is 0.0990. The highest BCUT2D eigenvalue weighted by atomic mass is 16.5. The molecule has 0 aliphatic carbocycles. The predicted molar refractivity (Wildman–Crippen MR) is 114 cm³/mol. The number of nitrogens with zero attached hydrogens (tertiary/aromatic N) is 1. The molecule has 2 aliphatic heterocycles. The molecule has 0 unspecified atom stereocenters. The number of benzene rings is 3. The molecule has 0 radical (unpaired) electrons. The second kappa shape index (κ2) is 7.53. The van der Waals surface area contributed by atoms with Crippen molar-refractivity contribution in [3.05, 3.63) is 108 Å². The fourth-order valence-corrected chi connectivity index (χ4v) is 4.01. The summed E-state index contributed by atoms with van der Waals surface area (Å²) in [5.41, 5.74) is 5.04. The van der Waals surface area contributed by atoms with E-state index in [0.29, 0.717) is 0 Å². The van der Waals surface area contributed by atoms with Crippen molar-refractivity contribution in [3.63, 3.8) is 0 Å². The number of para-hydroxylation sites is 1. The van der Waals surface area contributed by atoms with Crippen LogP contribution in [0.25, 0.3) is 0 Å². The summed E-state index contributed by atoms with van der Waals surface area (Å²) in [6.45, 7) is 1.83. The monoisotopic (exact) mass is 368 g/mol. The smallest absolute Gasteiger partial charge is 0.143 e. The van der Waals surface area contributed by atoms with Gasteiger partial charge in [-0.25, -0.2) is 0 Å². The lowest BCUT2D eigenvalue weighted by molar-refractivity contribution is 0.142. The van der Waals surface area contributed by atoms with Crippen molar-refractivity contribution in [3.8, 4) is 5.75 Å². The van der Waals surface area contributed by atoms with Gasteiger partial charge in [0.25, 0.3) is 0 Å². The first-order valence-electron chi connectivity index (χ1n) is 9.94. The van der Waals surface area contributed by atoms with Gasteiger partial charge in [0.15, 0.2) is 0 Å². The number of rotatable bonds is 5. The highest BCUT2D eigenvalue weighted by Crippen LogP contribution is 2.43. The molecule has 28 heavy (non-hydrogen) atoms. The van der Waals surface area contributed by atoms with Gasteiger partial charge in [-0.2, -0.15) is 0 Å². The Morgan fingerprint density at radius 1 is 0.821 bits per heavy atom. The van der Waals surface area contributed by atoms with E-state index in [2.05, 4.69) is 101 Å². The Morgan fingerprint density at radius 2 is 1.50 bits per heavy atom.